The third-order valence-electron chi connectivity index (χ3n) is 1.91. The molecule has 0 amide bonds. The van der Waals surface area contributed by atoms with E-state index in [0.717, 1.165) is 4.47 Å². The van der Waals surface area contributed by atoms with Crippen LogP contribution in [0.15, 0.2) is 16.7 Å². The van der Waals surface area contributed by atoms with Crippen molar-refractivity contribution >= 4 is 15.9 Å². The summed E-state index contributed by atoms with van der Waals surface area (Å²) < 4.78 is 13.9. The van der Waals surface area contributed by atoms with Gasteiger partial charge < -0.3 is 5.73 Å². The summed E-state index contributed by atoms with van der Waals surface area (Å²) in [6.07, 6.45) is 1.42. The predicted molar refractivity (Wildman–Crippen MR) is 53.7 cm³/mol. The zero-order valence-electron chi connectivity index (χ0n) is 7.59. The number of nitrogens with two attached hydrogens (primary N) is 1. The zero-order chi connectivity index (χ0) is 10.0. The minimum absolute atomic E-state index is 0.200. The van der Waals surface area contributed by atoms with E-state index in [1.54, 1.807) is 6.07 Å². The Balaban J connectivity index is 3.05. The Morgan fingerprint density at radius 2 is 2.15 bits per heavy atom. The summed E-state index contributed by atoms with van der Waals surface area (Å²) in [5.74, 6) is -0.282. The standard InChI is InChI=1S/C9H12BrFN2/c1-5(2)8(12)7-3-6(10)4-13-9(7)11/h3-5,8H,12H2,1-2H3. The molecule has 4 heteroatoms. The molecule has 1 heterocycles. The highest BCUT2D eigenvalue weighted by molar-refractivity contribution is 9.10. The summed E-state index contributed by atoms with van der Waals surface area (Å²) in [7, 11) is 0. The van der Waals surface area contributed by atoms with Gasteiger partial charge in [0.05, 0.1) is 0 Å². The van der Waals surface area contributed by atoms with Gasteiger partial charge in [-0.25, -0.2) is 4.98 Å². The predicted octanol–water partition coefficient (Wildman–Crippen LogP) is 2.64. The average Bonchev–Trinajstić information content (AvgIpc) is 2.08. The normalized spacial score (nSPS) is 13.4. The lowest BCUT2D eigenvalue weighted by Gasteiger charge is -2.16. The lowest BCUT2D eigenvalue weighted by molar-refractivity contribution is 0.471. The van der Waals surface area contributed by atoms with Crippen molar-refractivity contribution in [3.05, 3.63) is 28.2 Å². The first-order valence-corrected chi connectivity index (χ1v) is 4.88. The van der Waals surface area contributed by atoms with E-state index in [4.69, 9.17) is 5.73 Å². The molecular formula is C9H12BrFN2. The fourth-order valence-electron chi connectivity index (χ4n) is 1.03. The molecule has 72 valence electrons. The third-order valence-corrected chi connectivity index (χ3v) is 2.34. The Morgan fingerprint density at radius 3 is 2.69 bits per heavy atom. The van der Waals surface area contributed by atoms with Gasteiger partial charge >= 0.3 is 0 Å². The van der Waals surface area contributed by atoms with Gasteiger partial charge in [-0.2, -0.15) is 4.39 Å². The van der Waals surface area contributed by atoms with Crippen molar-refractivity contribution in [3.8, 4) is 0 Å². The van der Waals surface area contributed by atoms with Gasteiger partial charge in [0, 0.05) is 22.3 Å². The van der Waals surface area contributed by atoms with Crippen LogP contribution in [0.25, 0.3) is 0 Å². The number of rotatable bonds is 2. The molecule has 1 aromatic heterocycles. The maximum Gasteiger partial charge on any atom is 0.217 e. The first kappa shape index (κ1) is 10.6. The van der Waals surface area contributed by atoms with Gasteiger partial charge in [-0.3, -0.25) is 0 Å². The smallest absolute Gasteiger partial charge is 0.217 e. The van der Waals surface area contributed by atoms with Crippen molar-refractivity contribution in [3.63, 3.8) is 0 Å². The minimum atomic E-state index is -0.482. The third kappa shape index (κ3) is 2.48. The van der Waals surface area contributed by atoms with Gasteiger partial charge in [0.2, 0.25) is 5.95 Å². The Labute approximate surface area is 85.5 Å². The lowest BCUT2D eigenvalue weighted by atomic mass is 9.98. The monoisotopic (exact) mass is 246 g/mol. The summed E-state index contributed by atoms with van der Waals surface area (Å²) >= 11 is 3.23. The summed E-state index contributed by atoms with van der Waals surface area (Å²) in [6, 6.07) is 1.37. The molecule has 0 aliphatic carbocycles. The van der Waals surface area contributed by atoms with Gasteiger partial charge in [0.15, 0.2) is 0 Å². The van der Waals surface area contributed by atoms with E-state index in [1.165, 1.54) is 6.20 Å². The van der Waals surface area contributed by atoms with Crippen LogP contribution in [0.1, 0.15) is 25.5 Å². The highest BCUT2D eigenvalue weighted by Crippen LogP contribution is 2.23. The van der Waals surface area contributed by atoms with E-state index in [2.05, 4.69) is 20.9 Å². The molecule has 1 atom stereocenters. The average molecular weight is 247 g/mol. The second kappa shape index (κ2) is 4.15. The van der Waals surface area contributed by atoms with Crippen molar-refractivity contribution < 1.29 is 4.39 Å². The highest BCUT2D eigenvalue weighted by atomic mass is 79.9. The number of halogens is 2. The maximum atomic E-state index is 13.2. The van der Waals surface area contributed by atoms with Crippen molar-refractivity contribution in [1.29, 1.82) is 0 Å². The molecule has 0 aliphatic heterocycles. The van der Waals surface area contributed by atoms with E-state index < -0.39 is 5.95 Å². The Bertz CT molecular complexity index is 302. The van der Waals surface area contributed by atoms with E-state index in [9.17, 15) is 4.39 Å². The van der Waals surface area contributed by atoms with Crippen molar-refractivity contribution in [1.82, 2.24) is 4.98 Å². The van der Waals surface area contributed by atoms with Gasteiger partial charge in [0.25, 0.3) is 0 Å². The molecule has 0 spiro atoms. The Kier molecular flexibility index (Phi) is 3.39. The molecule has 0 aromatic carbocycles. The second-order valence-corrected chi connectivity index (χ2v) is 4.22. The molecule has 0 fully saturated rings. The molecule has 13 heavy (non-hydrogen) atoms. The molecule has 0 saturated carbocycles. The number of nitrogens with zero attached hydrogens (tertiary/aromatic N) is 1. The van der Waals surface area contributed by atoms with Gasteiger partial charge in [-0.1, -0.05) is 13.8 Å². The molecule has 0 bridgehead atoms. The van der Waals surface area contributed by atoms with E-state index in [1.807, 2.05) is 13.8 Å². The first-order valence-electron chi connectivity index (χ1n) is 4.09. The molecule has 2 N–H and O–H groups in total. The largest absolute Gasteiger partial charge is 0.324 e. The number of hydrogen-bond acceptors (Lipinski definition) is 2. The van der Waals surface area contributed by atoms with Gasteiger partial charge in [-0.15, -0.1) is 0 Å². The van der Waals surface area contributed by atoms with E-state index >= 15 is 0 Å². The molecule has 0 aliphatic rings. The van der Waals surface area contributed by atoms with Crippen LogP contribution in [-0.2, 0) is 0 Å². The first-order chi connectivity index (χ1) is 6.02. The Morgan fingerprint density at radius 1 is 1.54 bits per heavy atom. The quantitative estimate of drug-likeness (QED) is 0.816. The maximum absolute atomic E-state index is 13.2. The van der Waals surface area contributed by atoms with Crippen LogP contribution in [0, 0.1) is 11.9 Å². The number of hydrogen-bond donors (Lipinski definition) is 1. The second-order valence-electron chi connectivity index (χ2n) is 3.30. The minimum Gasteiger partial charge on any atom is -0.324 e. The number of pyridine rings is 1. The fraction of sp³-hybridized carbons (Fsp3) is 0.444. The van der Waals surface area contributed by atoms with Crippen molar-refractivity contribution in [2.75, 3.05) is 0 Å². The highest BCUT2D eigenvalue weighted by Gasteiger charge is 2.15. The van der Waals surface area contributed by atoms with Crippen LogP contribution in [0.4, 0.5) is 4.39 Å². The number of aromatic nitrogens is 1. The van der Waals surface area contributed by atoms with Gasteiger partial charge in [0.1, 0.15) is 0 Å². The van der Waals surface area contributed by atoms with Gasteiger partial charge in [-0.05, 0) is 27.9 Å². The molecule has 1 aromatic rings. The van der Waals surface area contributed by atoms with Crippen LogP contribution in [0.3, 0.4) is 0 Å². The van der Waals surface area contributed by atoms with Crippen LogP contribution < -0.4 is 5.73 Å². The molecule has 2 nitrogen and oxygen atoms in total. The van der Waals surface area contributed by atoms with Crippen LogP contribution in [0.5, 0.6) is 0 Å². The summed E-state index contributed by atoms with van der Waals surface area (Å²) in [6.45, 7) is 3.90. The zero-order valence-corrected chi connectivity index (χ0v) is 9.18. The van der Waals surface area contributed by atoms with Crippen molar-refractivity contribution in [2.24, 2.45) is 11.7 Å². The van der Waals surface area contributed by atoms with E-state index in [-0.39, 0.29) is 12.0 Å². The van der Waals surface area contributed by atoms with Crippen molar-refractivity contribution in [2.45, 2.75) is 19.9 Å². The topological polar surface area (TPSA) is 38.9 Å². The SMILES string of the molecule is CC(C)C(N)c1cc(Br)cnc1F. The Hall–Kier alpha value is -0.480. The molecular weight excluding hydrogens is 235 g/mol. The van der Waals surface area contributed by atoms with E-state index in [0.29, 0.717) is 5.56 Å². The van der Waals surface area contributed by atoms with Crippen LogP contribution >= 0.6 is 15.9 Å². The lowest BCUT2D eigenvalue weighted by Crippen LogP contribution is -2.18. The molecule has 1 rings (SSSR count). The summed E-state index contributed by atoms with van der Waals surface area (Å²) in [5.41, 5.74) is 6.27. The summed E-state index contributed by atoms with van der Waals surface area (Å²) in [4.78, 5) is 3.59. The van der Waals surface area contributed by atoms with Crippen LogP contribution in [-0.4, -0.2) is 4.98 Å². The molecule has 0 saturated heterocycles. The molecule has 1 unspecified atom stereocenters. The summed E-state index contributed by atoms with van der Waals surface area (Å²) in [5, 5.41) is 0. The van der Waals surface area contributed by atoms with Crippen LogP contribution in [0.2, 0.25) is 0 Å². The molecule has 0 radical (unpaired) electrons. The fourth-order valence-corrected chi connectivity index (χ4v) is 1.38.